The van der Waals surface area contributed by atoms with Crippen LogP contribution in [0, 0.1) is 24.0 Å². The van der Waals surface area contributed by atoms with E-state index in [1.54, 1.807) is 13.8 Å². The Balaban J connectivity index is 2.20. The van der Waals surface area contributed by atoms with Crippen molar-refractivity contribution in [2.75, 3.05) is 12.4 Å². The first-order valence-corrected chi connectivity index (χ1v) is 6.46. The van der Waals surface area contributed by atoms with Gasteiger partial charge in [0.2, 0.25) is 5.91 Å². The van der Waals surface area contributed by atoms with Crippen LogP contribution in [0.4, 0.5) is 11.4 Å². The van der Waals surface area contributed by atoms with Crippen molar-refractivity contribution in [2.24, 2.45) is 0 Å². The van der Waals surface area contributed by atoms with Crippen LogP contribution in [-0.4, -0.2) is 23.1 Å². The highest BCUT2D eigenvalue weighted by Crippen LogP contribution is 2.29. The molecule has 0 spiro atoms. The zero-order valence-electron chi connectivity index (χ0n) is 12.4. The molecule has 1 amide bonds. The zero-order chi connectivity index (χ0) is 16.3. The van der Waals surface area contributed by atoms with Crippen LogP contribution in [0.2, 0.25) is 0 Å². The summed E-state index contributed by atoms with van der Waals surface area (Å²) in [6, 6.07) is 4.00. The Bertz CT molecular complexity index is 704. The lowest BCUT2D eigenvalue weighted by Crippen LogP contribution is -2.16. The lowest BCUT2D eigenvalue weighted by molar-refractivity contribution is -0.384. The number of benzene rings is 1. The fourth-order valence-corrected chi connectivity index (χ4v) is 2.02. The van der Waals surface area contributed by atoms with Gasteiger partial charge in [-0.3, -0.25) is 14.9 Å². The molecule has 0 aliphatic heterocycles. The molecule has 0 saturated carbocycles. The topological polar surface area (TPSA) is 108 Å². The number of nitro groups is 1. The first-order valence-electron chi connectivity index (χ1n) is 6.46. The molecule has 0 bridgehead atoms. The number of carbonyl (C=O) groups excluding carboxylic acids is 1. The lowest BCUT2D eigenvalue weighted by atomic mass is 10.1. The molecule has 1 aromatic carbocycles. The van der Waals surface area contributed by atoms with Gasteiger partial charge in [0.15, 0.2) is 0 Å². The van der Waals surface area contributed by atoms with Crippen LogP contribution < -0.4 is 10.1 Å². The van der Waals surface area contributed by atoms with Gasteiger partial charge in [-0.15, -0.1) is 0 Å². The Morgan fingerprint density at radius 2 is 2.18 bits per heavy atom. The number of hydrogen-bond acceptors (Lipinski definition) is 6. The monoisotopic (exact) mass is 305 g/mol. The number of carbonyl (C=O) groups is 1. The molecule has 0 saturated heterocycles. The third-order valence-electron chi connectivity index (χ3n) is 3.19. The SMILES string of the molecule is COc1ccc([N+](=O)[O-])cc1NC(=O)Cc1c(C)noc1C. The number of hydrogen-bond donors (Lipinski definition) is 1. The number of anilines is 1. The fraction of sp³-hybridized carbons (Fsp3) is 0.286. The minimum Gasteiger partial charge on any atom is -0.495 e. The first-order chi connectivity index (χ1) is 10.4. The summed E-state index contributed by atoms with van der Waals surface area (Å²) in [4.78, 5) is 22.4. The van der Waals surface area contributed by atoms with Crippen molar-refractivity contribution < 1.29 is 19.0 Å². The van der Waals surface area contributed by atoms with E-state index in [4.69, 9.17) is 9.26 Å². The van der Waals surface area contributed by atoms with Crippen molar-refractivity contribution in [1.82, 2.24) is 5.16 Å². The Kier molecular flexibility index (Phi) is 4.40. The minimum absolute atomic E-state index is 0.0625. The Hall–Kier alpha value is -2.90. The highest BCUT2D eigenvalue weighted by Gasteiger charge is 2.17. The van der Waals surface area contributed by atoms with Gasteiger partial charge in [-0.1, -0.05) is 5.16 Å². The van der Waals surface area contributed by atoms with Gasteiger partial charge in [-0.2, -0.15) is 0 Å². The van der Waals surface area contributed by atoms with Crippen LogP contribution in [-0.2, 0) is 11.2 Å². The average Bonchev–Trinajstić information content (AvgIpc) is 2.79. The molecule has 116 valence electrons. The summed E-state index contributed by atoms with van der Waals surface area (Å²) in [7, 11) is 1.42. The van der Waals surface area contributed by atoms with E-state index < -0.39 is 4.92 Å². The number of nitro benzene ring substituents is 1. The van der Waals surface area contributed by atoms with Crippen molar-refractivity contribution in [1.29, 1.82) is 0 Å². The summed E-state index contributed by atoms with van der Waals surface area (Å²) in [5, 5.41) is 17.2. The molecule has 0 radical (unpaired) electrons. The molecule has 8 nitrogen and oxygen atoms in total. The van der Waals surface area contributed by atoms with E-state index in [1.807, 2.05) is 0 Å². The molecule has 0 atom stereocenters. The van der Waals surface area contributed by atoms with E-state index in [0.717, 1.165) is 0 Å². The van der Waals surface area contributed by atoms with Gasteiger partial charge in [0.25, 0.3) is 5.69 Å². The van der Waals surface area contributed by atoms with Crippen LogP contribution >= 0.6 is 0 Å². The summed E-state index contributed by atoms with van der Waals surface area (Å²) in [6.07, 6.45) is 0.0625. The van der Waals surface area contributed by atoms with Crippen LogP contribution in [0.5, 0.6) is 5.75 Å². The number of rotatable bonds is 5. The highest BCUT2D eigenvalue weighted by atomic mass is 16.6. The second kappa shape index (κ2) is 6.25. The van der Waals surface area contributed by atoms with Crippen LogP contribution in [0.15, 0.2) is 22.7 Å². The number of aromatic nitrogens is 1. The van der Waals surface area contributed by atoms with E-state index in [1.165, 1.54) is 25.3 Å². The molecule has 8 heteroatoms. The largest absolute Gasteiger partial charge is 0.495 e. The van der Waals surface area contributed by atoms with Gasteiger partial charge < -0.3 is 14.6 Å². The predicted molar refractivity (Wildman–Crippen MR) is 78.0 cm³/mol. The summed E-state index contributed by atoms with van der Waals surface area (Å²) >= 11 is 0. The van der Waals surface area contributed by atoms with E-state index in [2.05, 4.69) is 10.5 Å². The molecule has 22 heavy (non-hydrogen) atoms. The number of aryl methyl sites for hydroxylation is 2. The summed E-state index contributed by atoms with van der Waals surface area (Å²) in [5.74, 6) is 0.574. The predicted octanol–water partition coefficient (Wildman–Crippen LogP) is 2.39. The fourth-order valence-electron chi connectivity index (χ4n) is 2.02. The molecule has 1 N–H and O–H groups in total. The number of amides is 1. The van der Waals surface area contributed by atoms with E-state index in [-0.39, 0.29) is 23.7 Å². The van der Waals surface area contributed by atoms with E-state index in [0.29, 0.717) is 22.8 Å². The molecule has 2 rings (SSSR count). The van der Waals surface area contributed by atoms with Gasteiger partial charge in [0.1, 0.15) is 11.5 Å². The van der Waals surface area contributed by atoms with E-state index in [9.17, 15) is 14.9 Å². The van der Waals surface area contributed by atoms with Crippen molar-refractivity contribution >= 4 is 17.3 Å². The molecule has 2 aromatic rings. The Morgan fingerprint density at radius 3 is 2.73 bits per heavy atom. The van der Waals surface area contributed by atoms with Gasteiger partial charge in [-0.05, 0) is 19.9 Å². The summed E-state index contributed by atoms with van der Waals surface area (Å²) < 4.78 is 10.1. The van der Waals surface area contributed by atoms with Gasteiger partial charge in [-0.25, -0.2) is 0 Å². The van der Waals surface area contributed by atoms with Gasteiger partial charge in [0.05, 0.1) is 29.8 Å². The quantitative estimate of drug-likeness (QED) is 0.671. The number of methoxy groups -OCH3 is 1. The summed E-state index contributed by atoms with van der Waals surface area (Å²) in [5.41, 5.74) is 1.45. The maximum Gasteiger partial charge on any atom is 0.271 e. The van der Waals surface area contributed by atoms with Gasteiger partial charge in [0, 0.05) is 17.7 Å². The minimum atomic E-state index is -0.538. The average molecular weight is 305 g/mol. The number of nitrogens with one attached hydrogen (secondary N) is 1. The van der Waals surface area contributed by atoms with Crippen LogP contribution in [0.3, 0.4) is 0 Å². The van der Waals surface area contributed by atoms with Crippen molar-refractivity contribution in [3.63, 3.8) is 0 Å². The van der Waals surface area contributed by atoms with E-state index >= 15 is 0 Å². The van der Waals surface area contributed by atoms with Crippen LogP contribution in [0.1, 0.15) is 17.0 Å². The lowest BCUT2D eigenvalue weighted by Gasteiger charge is -2.09. The first kappa shape index (κ1) is 15.5. The molecule has 0 aliphatic carbocycles. The standard InChI is InChI=1S/C14H15N3O5/c1-8-11(9(2)22-16-8)7-14(18)15-12-6-10(17(19)20)4-5-13(12)21-3/h4-6H,7H2,1-3H3,(H,15,18). The normalized spacial score (nSPS) is 10.3. The van der Waals surface area contributed by atoms with Crippen molar-refractivity contribution in [3.8, 4) is 5.75 Å². The number of ether oxygens (including phenoxy) is 1. The number of nitrogens with zero attached hydrogens (tertiary/aromatic N) is 2. The second-order valence-electron chi connectivity index (χ2n) is 4.67. The van der Waals surface area contributed by atoms with Crippen LogP contribution in [0.25, 0.3) is 0 Å². The molecule has 0 aliphatic rings. The summed E-state index contributed by atoms with van der Waals surface area (Å²) in [6.45, 7) is 3.46. The maximum absolute atomic E-state index is 12.1. The second-order valence-corrected chi connectivity index (χ2v) is 4.67. The molecule has 0 unspecified atom stereocenters. The van der Waals surface area contributed by atoms with Crippen molar-refractivity contribution in [3.05, 3.63) is 45.3 Å². The molecular formula is C14H15N3O5. The Labute approximate surface area is 126 Å². The zero-order valence-corrected chi connectivity index (χ0v) is 12.4. The highest BCUT2D eigenvalue weighted by molar-refractivity contribution is 5.94. The maximum atomic E-state index is 12.1. The molecule has 1 aromatic heterocycles. The molecule has 1 heterocycles. The molecule has 0 fully saturated rings. The number of non-ortho nitro benzene ring substituents is 1. The van der Waals surface area contributed by atoms with Crippen molar-refractivity contribution in [2.45, 2.75) is 20.3 Å². The third kappa shape index (κ3) is 3.22. The Morgan fingerprint density at radius 1 is 1.45 bits per heavy atom. The third-order valence-corrected chi connectivity index (χ3v) is 3.19. The smallest absolute Gasteiger partial charge is 0.271 e. The van der Waals surface area contributed by atoms with Gasteiger partial charge >= 0.3 is 0 Å². The molecular weight excluding hydrogens is 290 g/mol.